The molecule has 2 rings (SSSR count). The molecule has 12 heavy (non-hydrogen) atoms. The predicted octanol–water partition coefficient (Wildman–Crippen LogP) is 0.782. The Morgan fingerprint density at radius 1 is 1.75 bits per heavy atom. The second-order valence-corrected chi connectivity index (χ2v) is 3.11. The molecule has 1 aliphatic heterocycles. The molecule has 64 valence electrons. The quantitative estimate of drug-likeness (QED) is 0.668. The van der Waals surface area contributed by atoms with Crippen LogP contribution in [0.15, 0.2) is 12.3 Å². The third-order valence-corrected chi connectivity index (χ3v) is 2.24. The number of hydrogen-bond acceptors (Lipinski definition) is 2. The van der Waals surface area contributed by atoms with E-state index in [2.05, 4.69) is 10.2 Å². The minimum atomic E-state index is 0.154. The Balaban J connectivity index is 2.22. The van der Waals surface area contributed by atoms with E-state index in [0.29, 0.717) is 0 Å². The topological polar surface area (TPSA) is 49.0 Å². The van der Waals surface area contributed by atoms with E-state index in [1.165, 1.54) is 0 Å². The highest BCUT2D eigenvalue weighted by Crippen LogP contribution is 2.22. The van der Waals surface area contributed by atoms with E-state index in [-0.39, 0.29) is 11.8 Å². The van der Waals surface area contributed by atoms with Gasteiger partial charge in [0.2, 0.25) is 5.91 Å². The van der Waals surface area contributed by atoms with Crippen LogP contribution in [0.4, 0.5) is 5.82 Å². The third kappa shape index (κ3) is 0.995. The van der Waals surface area contributed by atoms with E-state index < -0.39 is 0 Å². The molecule has 1 atom stereocenters. The minimum Gasteiger partial charge on any atom is -0.295 e. The van der Waals surface area contributed by atoms with Gasteiger partial charge in [-0.15, -0.1) is 0 Å². The van der Waals surface area contributed by atoms with Crippen molar-refractivity contribution in [1.29, 1.82) is 0 Å². The number of nitrogens with zero attached hydrogens (tertiary/aromatic N) is 2. The lowest BCUT2D eigenvalue weighted by atomic mass is 10.1. The number of rotatable bonds is 1. The largest absolute Gasteiger partial charge is 0.295 e. The molecule has 1 aromatic rings. The summed E-state index contributed by atoms with van der Waals surface area (Å²) in [6, 6.07) is 1.82. The molecule has 1 aromatic heterocycles. The monoisotopic (exact) mass is 165 g/mol. The van der Waals surface area contributed by atoms with Gasteiger partial charge in [0.15, 0.2) is 5.82 Å². The van der Waals surface area contributed by atoms with Gasteiger partial charge in [-0.3, -0.25) is 14.8 Å². The van der Waals surface area contributed by atoms with E-state index in [1.54, 1.807) is 11.1 Å². The number of anilines is 1. The van der Waals surface area contributed by atoms with Crippen molar-refractivity contribution in [3.05, 3.63) is 12.3 Å². The van der Waals surface area contributed by atoms with Crippen molar-refractivity contribution < 1.29 is 4.79 Å². The number of hydrogen-bond donors (Lipinski definition) is 1. The van der Waals surface area contributed by atoms with E-state index in [1.807, 2.05) is 13.0 Å². The van der Waals surface area contributed by atoms with E-state index >= 15 is 0 Å². The molecule has 0 saturated carbocycles. The fourth-order valence-corrected chi connectivity index (χ4v) is 1.45. The molecule has 2 heterocycles. The average Bonchev–Trinajstić information content (AvgIpc) is 2.64. The summed E-state index contributed by atoms with van der Waals surface area (Å²) < 4.78 is 0. The lowest BCUT2D eigenvalue weighted by Crippen LogP contribution is -2.26. The number of H-pyrrole nitrogens is 1. The highest BCUT2D eigenvalue weighted by Gasteiger charge is 2.29. The van der Waals surface area contributed by atoms with Crippen molar-refractivity contribution in [2.45, 2.75) is 13.3 Å². The first-order valence-electron chi connectivity index (χ1n) is 4.10. The number of aromatic nitrogens is 2. The lowest BCUT2D eigenvalue weighted by Gasteiger charge is -2.11. The zero-order valence-electron chi connectivity index (χ0n) is 6.95. The Bertz CT molecular complexity index is 281. The Labute approximate surface area is 70.6 Å². The summed E-state index contributed by atoms with van der Waals surface area (Å²) >= 11 is 0. The minimum absolute atomic E-state index is 0.154. The van der Waals surface area contributed by atoms with Crippen molar-refractivity contribution in [2.24, 2.45) is 5.92 Å². The highest BCUT2D eigenvalue weighted by molar-refractivity contribution is 5.95. The van der Waals surface area contributed by atoms with Crippen molar-refractivity contribution in [1.82, 2.24) is 10.2 Å². The first-order valence-corrected chi connectivity index (χ1v) is 4.10. The molecule has 0 aromatic carbocycles. The van der Waals surface area contributed by atoms with Crippen LogP contribution in [0.25, 0.3) is 0 Å². The Morgan fingerprint density at radius 3 is 3.08 bits per heavy atom. The third-order valence-electron chi connectivity index (χ3n) is 2.24. The summed E-state index contributed by atoms with van der Waals surface area (Å²) in [6.07, 6.45) is 2.66. The number of carbonyl (C=O) groups is 1. The normalized spacial score (nSPS) is 23.6. The van der Waals surface area contributed by atoms with Gasteiger partial charge in [-0.1, -0.05) is 6.92 Å². The molecule has 1 unspecified atom stereocenters. The molecule has 4 heteroatoms. The Kier molecular flexibility index (Phi) is 1.60. The summed E-state index contributed by atoms with van der Waals surface area (Å²) in [4.78, 5) is 13.2. The standard InChI is InChI=1S/C8H11N3O/c1-6-3-5-11(8(6)12)7-2-4-9-10-7/h2,4,6H,3,5H2,1H3,(H,9,10). The van der Waals surface area contributed by atoms with Crippen molar-refractivity contribution in [2.75, 3.05) is 11.4 Å². The van der Waals surface area contributed by atoms with Crippen LogP contribution in [0.1, 0.15) is 13.3 Å². The van der Waals surface area contributed by atoms with Crippen LogP contribution in [0.3, 0.4) is 0 Å². The van der Waals surface area contributed by atoms with E-state index in [9.17, 15) is 4.79 Å². The number of nitrogens with one attached hydrogen (secondary N) is 1. The molecular weight excluding hydrogens is 154 g/mol. The second-order valence-electron chi connectivity index (χ2n) is 3.11. The zero-order chi connectivity index (χ0) is 8.55. The summed E-state index contributed by atoms with van der Waals surface area (Å²) in [7, 11) is 0. The smallest absolute Gasteiger partial charge is 0.231 e. The van der Waals surface area contributed by atoms with Gasteiger partial charge in [-0.25, -0.2) is 0 Å². The van der Waals surface area contributed by atoms with Gasteiger partial charge in [0, 0.05) is 24.7 Å². The fourth-order valence-electron chi connectivity index (χ4n) is 1.45. The maximum absolute atomic E-state index is 11.5. The lowest BCUT2D eigenvalue weighted by molar-refractivity contribution is -0.119. The van der Waals surface area contributed by atoms with Crippen molar-refractivity contribution >= 4 is 11.7 Å². The maximum Gasteiger partial charge on any atom is 0.231 e. The summed E-state index contributed by atoms with van der Waals surface area (Å²) in [5.41, 5.74) is 0. The molecule has 1 N–H and O–H groups in total. The van der Waals surface area contributed by atoms with Crippen LogP contribution >= 0.6 is 0 Å². The van der Waals surface area contributed by atoms with Gasteiger partial charge >= 0.3 is 0 Å². The van der Waals surface area contributed by atoms with Crippen LogP contribution < -0.4 is 4.90 Å². The van der Waals surface area contributed by atoms with E-state index in [4.69, 9.17) is 0 Å². The second kappa shape index (κ2) is 2.62. The molecule has 0 radical (unpaired) electrons. The van der Waals surface area contributed by atoms with Gasteiger partial charge < -0.3 is 0 Å². The van der Waals surface area contributed by atoms with Crippen molar-refractivity contribution in [3.63, 3.8) is 0 Å². The van der Waals surface area contributed by atoms with Crippen LogP contribution in [0.5, 0.6) is 0 Å². The van der Waals surface area contributed by atoms with Gasteiger partial charge in [-0.05, 0) is 6.42 Å². The molecule has 1 saturated heterocycles. The molecule has 0 aliphatic carbocycles. The van der Waals surface area contributed by atoms with Crippen LogP contribution in [-0.2, 0) is 4.79 Å². The first-order chi connectivity index (χ1) is 5.79. The number of carbonyl (C=O) groups excluding carboxylic acids is 1. The first kappa shape index (κ1) is 7.34. The molecule has 0 spiro atoms. The van der Waals surface area contributed by atoms with Gasteiger partial charge in [0.1, 0.15) is 0 Å². The van der Waals surface area contributed by atoms with Crippen molar-refractivity contribution in [3.8, 4) is 0 Å². The fraction of sp³-hybridized carbons (Fsp3) is 0.500. The molecule has 1 amide bonds. The number of aromatic amines is 1. The summed E-state index contributed by atoms with van der Waals surface area (Å²) in [5.74, 6) is 1.08. The van der Waals surface area contributed by atoms with Gasteiger partial charge in [0.05, 0.1) is 0 Å². The molecule has 4 nitrogen and oxygen atoms in total. The zero-order valence-corrected chi connectivity index (χ0v) is 6.95. The maximum atomic E-state index is 11.5. The summed E-state index contributed by atoms with van der Waals surface area (Å²) in [6.45, 7) is 2.75. The molecular formula is C8H11N3O. The molecule has 1 fully saturated rings. The van der Waals surface area contributed by atoms with E-state index in [0.717, 1.165) is 18.8 Å². The van der Waals surface area contributed by atoms with Crippen LogP contribution in [0.2, 0.25) is 0 Å². The van der Waals surface area contributed by atoms with Crippen LogP contribution in [0, 0.1) is 5.92 Å². The highest BCUT2D eigenvalue weighted by atomic mass is 16.2. The Hall–Kier alpha value is -1.32. The van der Waals surface area contributed by atoms with Gasteiger partial charge in [0.25, 0.3) is 0 Å². The number of amides is 1. The summed E-state index contributed by atoms with van der Waals surface area (Å²) in [5, 5.41) is 6.66. The molecule has 0 bridgehead atoms. The Morgan fingerprint density at radius 2 is 2.58 bits per heavy atom. The average molecular weight is 165 g/mol. The van der Waals surface area contributed by atoms with Gasteiger partial charge in [-0.2, -0.15) is 5.10 Å². The predicted molar refractivity (Wildman–Crippen MR) is 44.7 cm³/mol. The van der Waals surface area contributed by atoms with Crippen LogP contribution in [-0.4, -0.2) is 22.6 Å². The SMILES string of the molecule is CC1CCN(c2cc[nH]n2)C1=O. The molecule has 1 aliphatic rings.